The summed E-state index contributed by atoms with van der Waals surface area (Å²) in [7, 11) is 0. The van der Waals surface area contributed by atoms with Crippen LogP contribution in [0.15, 0.2) is 12.1 Å². The Morgan fingerprint density at radius 2 is 1.18 bits per heavy atom. The predicted octanol–water partition coefficient (Wildman–Crippen LogP) is 8.18. The molecule has 0 aromatic heterocycles. The second kappa shape index (κ2) is 7.60. The highest BCUT2D eigenvalue weighted by Gasteiger charge is 2.37. The van der Waals surface area contributed by atoms with Crippen molar-refractivity contribution in [1.29, 1.82) is 0 Å². The molecule has 1 radical (unpaired) electrons. The first kappa shape index (κ1) is 21.9. The average Bonchev–Trinajstić information content (AvgIpc) is 2.23. The van der Waals surface area contributed by atoms with E-state index in [2.05, 4.69) is 6.92 Å². The van der Waals surface area contributed by atoms with Crippen molar-refractivity contribution < 1.29 is 0 Å². The Kier molecular flexibility index (Phi) is 7.56. The largest absolute Gasteiger partial charge is 0.216 e. The summed E-state index contributed by atoms with van der Waals surface area (Å²) in [4.78, 5) is 0. The van der Waals surface area contributed by atoms with Gasteiger partial charge in [-0.2, -0.15) is 0 Å². The zero-order valence-electron chi connectivity index (χ0n) is 11.0. The van der Waals surface area contributed by atoms with Crippen molar-refractivity contribution in [3.8, 4) is 0 Å². The van der Waals surface area contributed by atoms with E-state index >= 15 is 0 Å². The predicted molar refractivity (Wildman–Crippen MR) is 102 cm³/mol. The van der Waals surface area contributed by atoms with Crippen molar-refractivity contribution in [2.75, 3.05) is 0 Å². The van der Waals surface area contributed by atoms with E-state index in [1.807, 2.05) is 6.92 Å². The molecule has 0 bridgehead atoms. The van der Waals surface area contributed by atoms with Gasteiger partial charge in [0.15, 0.2) is 0 Å². The van der Waals surface area contributed by atoms with E-state index in [1.54, 1.807) is 0 Å². The molecule has 0 aliphatic heterocycles. The highest BCUT2D eigenvalue weighted by molar-refractivity contribution is 6.68. The van der Waals surface area contributed by atoms with Crippen LogP contribution in [0.1, 0.15) is 29.2 Å². The van der Waals surface area contributed by atoms with Gasteiger partial charge in [-0.3, -0.25) is 0 Å². The molecule has 0 nitrogen and oxygen atoms in total. The average molecular weight is 485 g/mol. The highest BCUT2D eigenvalue weighted by Crippen LogP contribution is 2.50. The first-order valence-electron chi connectivity index (χ1n) is 5.85. The molecule has 1 aromatic carbocycles. The first-order chi connectivity index (χ1) is 9.64. The van der Waals surface area contributed by atoms with E-state index in [0.29, 0.717) is 12.0 Å². The fourth-order valence-electron chi connectivity index (χ4n) is 1.91. The van der Waals surface area contributed by atoms with Crippen LogP contribution < -0.4 is 0 Å². The van der Waals surface area contributed by atoms with Crippen molar-refractivity contribution in [3.05, 3.63) is 41.3 Å². The van der Waals surface area contributed by atoms with Gasteiger partial charge in [-0.15, -0.1) is 0 Å². The number of hydrogen-bond acceptors (Lipinski definition) is 0. The van der Waals surface area contributed by atoms with Crippen LogP contribution >= 0.6 is 104 Å². The fraction of sp³-hybridized carbons (Fsp3) is 0.462. The van der Waals surface area contributed by atoms with Crippen molar-refractivity contribution in [2.45, 2.75) is 24.7 Å². The minimum absolute atomic E-state index is 0.0178. The molecule has 0 saturated heterocycles. The Morgan fingerprint density at radius 3 is 1.41 bits per heavy atom. The number of rotatable bonds is 2. The van der Waals surface area contributed by atoms with E-state index in [0.717, 1.165) is 0 Å². The molecule has 0 aliphatic rings. The molecule has 0 fully saturated rings. The molecule has 0 spiro atoms. The smallest absolute Gasteiger partial charge is 0.0784 e. The highest BCUT2D eigenvalue weighted by atomic mass is 35.6. The lowest BCUT2D eigenvalue weighted by atomic mass is 9.92. The van der Waals surface area contributed by atoms with Gasteiger partial charge in [0, 0.05) is 16.7 Å². The van der Waals surface area contributed by atoms with E-state index in [-0.39, 0.29) is 22.6 Å². The number of benzene rings is 1. The third kappa shape index (κ3) is 5.97. The van der Waals surface area contributed by atoms with Crippen LogP contribution in [0.2, 0.25) is 0 Å². The molecule has 1 aromatic rings. The molecule has 0 saturated carbocycles. The molecule has 1 rings (SSSR count). The van der Waals surface area contributed by atoms with Crippen LogP contribution in [0.25, 0.3) is 0 Å². The lowest BCUT2D eigenvalue weighted by molar-refractivity contribution is 0.706. The zero-order valence-corrected chi connectivity index (χ0v) is 17.9. The fourth-order valence-corrected chi connectivity index (χ4v) is 3.25. The molecule has 0 heterocycles. The van der Waals surface area contributed by atoms with Gasteiger partial charge in [0.1, 0.15) is 0 Å². The summed E-state index contributed by atoms with van der Waals surface area (Å²) in [5.74, 6) is -0.0178. The van der Waals surface area contributed by atoms with Crippen LogP contribution in [0.4, 0.5) is 0 Å². The minimum atomic E-state index is -1.78. The summed E-state index contributed by atoms with van der Waals surface area (Å²) < 4.78 is -5.31. The Hall–Kier alpha value is 1.83. The van der Waals surface area contributed by atoms with Crippen molar-refractivity contribution >= 4 is 104 Å². The molecule has 0 aliphatic carbocycles. The Balaban J connectivity index is 3.78. The van der Waals surface area contributed by atoms with Crippen molar-refractivity contribution in [3.63, 3.8) is 0 Å². The number of hydrogen-bond donors (Lipinski definition) is 0. The van der Waals surface area contributed by atoms with Crippen LogP contribution in [0.5, 0.6) is 0 Å². The minimum Gasteiger partial charge on any atom is -0.0784 e. The molecule has 0 amide bonds. The van der Waals surface area contributed by atoms with Crippen molar-refractivity contribution in [1.82, 2.24) is 0 Å². The molecular formula is C13H10Cl9. The molecular weight excluding hydrogens is 475 g/mol. The van der Waals surface area contributed by atoms with Gasteiger partial charge >= 0.3 is 0 Å². The normalized spacial score (nSPS) is 13.8. The number of alkyl halides is 9. The van der Waals surface area contributed by atoms with Gasteiger partial charge in [-0.05, 0) is 30.0 Å². The molecule has 1 unspecified atom stereocenters. The van der Waals surface area contributed by atoms with Crippen molar-refractivity contribution in [2.24, 2.45) is 5.92 Å². The topological polar surface area (TPSA) is 0 Å². The van der Waals surface area contributed by atoms with Gasteiger partial charge in [-0.25, -0.2) is 0 Å². The van der Waals surface area contributed by atoms with Crippen LogP contribution in [0.3, 0.4) is 0 Å². The van der Waals surface area contributed by atoms with E-state index in [9.17, 15) is 0 Å². The third-order valence-electron chi connectivity index (χ3n) is 2.74. The van der Waals surface area contributed by atoms with Gasteiger partial charge in [0.05, 0.1) is 0 Å². The first-order valence-corrected chi connectivity index (χ1v) is 9.25. The standard InChI is InChI=1S/C13H10Cl9/c1-6(2)3-8-9(12(17,18)19)4-7(11(14,15)16)5-10(8)13(20,21)22/h4-6H,1,3H2,2H3. The lowest BCUT2D eigenvalue weighted by Crippen LogP contribution is -2.17. The molecule has 125 valence electrons. The van der Waals surface area contributed by atoms with Gasteiger partial charge in [-0.1, -0.05) is 118 Å². The van der Waals surface area contributed by atoms with E-state index < -0.39 is 11.4 Å². The van der Waals surface area contributed by atoms with Crippen LogP contribution in [0, 0.1) is 12.8 Å². The summed E-state index contributed by atoms with van der Waals surface area (Å²) in [6.07, 6.45) is 0.423. The summed E-state index contributed by atoms with van der Waals surface area (Å²) in [6, 6.07) is 2.97. The SMILES string of the molecule is [CH2]C(C)Cc1c(C(Cl)(Cl)Cl)cc(C(Cl)(Cl)Cl)cc1C(Cl)(Cl)Cl. The summed E-state index contributed by atoms with van der Waals surface area (Å²) >= 11 is 54.0. The monoisotopic (exact) mass is 481 g/mol. The number of halogens is 9. The maximum Gasteiger partial charge on any atom is 0.216 e. The second-order valence-corrected chi connectivity index (χ2v) is 11.7. The van der Waals surface area contributed by atoms with E-state index in [1.165, 1.54) is 12.1 Å². The third-order valence-corrected chi connectivity index (χ3v) is 4.62. The maximum atomic E-state index is 6.04. The van der Waals surface area contributed by atoms with Gasteiger partial charge < -0.3 is 0 Å². The summed E-state index contributed by atoms with van der Waals surface area (Å²) in [5, 5.41) is 0. The quantitative estimate of drug-likeness (QED) is 0.371. The molecule has 9 heteroatoms. The maximum absolute atomic E-state index is 6.04. The van der Waals surface area contributed by atoms with Crippen LogP contribution in [-0.4, -0.2) is 0 Å². The van der Waals surface area contributed by atoms with Gasteiger partial charge in [0.25, 0.3) is 0 Å². The molecule has 22 heavy (non-hydrogen) atoms. The molecule has 0 N–H and O–H groups in total. The second-order valence-electron chi connectivity index (χ2n) is 4.85. The Labute approximate surface area is 175 Å². The lowest BCUT2D eigenvalue weighted by Gasteiger charge is -2.27. The Morgan fingerprint density at radius 1 is 0.818 bits per heavy atom. The zero-order chi connectivity index (χ0) is 17.5. The Bertz CT molecular complexity index is 497. The van der Waals surface area contributed by atoms with Crippen LogP contribution in [-0.2, 0) is 17.8 Å². The van der Waals surface area contributed by atoms with E-state index in [4.69, 9.17) is 104 Å². The summed E-state index contributed by atoms with van der Waals surface area (Å²) in [6.45, 7) is 5.80. The summed E-state index contributed by atoms with van der Waals surface area (Å²) in [5.41, 5.74) is 1.37. The molecule has 1 atom stereocenters. The van der Waals surface area contributed by atoms with Gasteiger partial charge in [0.2, 0.25) is 11.4 Å².